The Hall–Kier alpha value is -1.57. The number of benzene rings is 2. The normalized spacial score (nSPS) is 12.9. The molecule has 153 valence electrons. The lowest BCUT2D eigenvalue weighted by molar-refractivity contribution is -0.939. The van der Waals surface area contributed by atoms with Crippen molar-refractivity contribution >= 4 is 5.97 Å². The molecular weight excluding hydrogens is 480 g/mol. The molecule has 0 aliphatic carbocycles. The van der Waals surface area contributed by atoms with Gasteiger partial charge in [0.1, 0.15) is 0 Å². The van der Waals surface area contributed by atoms with E-state index in [9.17, 15) is 18.1 Å². The summed E-state index contributed by atoms with van der Waals surface area (Å²) in [6.45, 7) is 12.2. The number of alkyl halides is 3. The molecule has 0 saturated carbocycles. The monoisotopic (exact) mass is 506 g/mol. The molecule has 0 heterocycles. The number of rotatable bonds is 4. The van der Waals surface area contributed by atoms with Crippen LogP contribution in [-0.2, 0) is 20.6 Å². The number of halogens is 4. The van der Waals surface area contributed by atoms with E-state index >= 15 is 0 Å². The molecule has 2 aromatic carbocycles. The molecule has 0 spiro atoms. The zero-order valence-corrected chi connectivity index (χ0v) is 19.1. The van der Waals surface area contributed by atoms with E-state index in [-0.39, 0.29) is 10.8 Å². The van der Waals surface area contributed by atoms with Crippen LogP contribution < -0.4 is 19.8 Å². The largest absolute Gasteiger partial charge is 0.512 e. The van der Waals surface area contributed by atoms with Crippen LogP contribution in [-0.4, -0.2) is 9.90 Å². The Bertz CT molecular complexity index is 759. The fraction of sp³-hybridized carbons (Fsp3) is 0.409. The van der Waals surface area contributed by atoms with Gasteiger partial charge in [-0.2, -0.15) is 0 Å². The zero-order chi connectivity index (χ0) is 21.3. The van der Waals surface area contributed by atoms with E-state index in [0.717, 1.165) is 11.1 Å². The van der Waals surface area contributed by atoms with Gasteiger partial charge in [-0.15, -0.1) is 8.78 Å². The second kappa shape index (κ2) is 8.05. The van der Waals surface area contributed by atoms with E-state index in [1.54, 1.807) is 48.5 Å². The van der Waals surface area contributed by atoms with Crippen LogP contribution in [0.4, 0.5) is 13.3 Å². The summed E-state index contributed by atoms with van der Waals surface area (Å²) in [5.41, 5.74) is 1.72. The quantitative estimate of drug-likeness (QED) is 0.471. The maximum Gasteiger partial charge on any atom is 0.512 e. The van der Waals surface area contributed by atoms with Gasteiger partial charge < -0.3 is 0 Å². The van der Waals surface area contributed by atoms with E-state index < -0.39 is 29.7 Å². The highest BCUT2D eigenvalue weighted by atomic mass is 127. The molecule has 0 aliphatic rings. The molecule has 28 heavy (non-hydrogen) atoms. The topological polar surface area (TPSA) is 26.3 Å². The van der Waals surface area contributed by atoms with Crippen molar-refractivity contribution in [2.24, 2.45) is 0 Å². The van der Waals surface area contributed by atoms with Gasteiger partial charge in [0, 0.05) is 4.53 Å². The van der Waals surface area contributed by atoms with Crippen LogP contribution in [0.2, 0.25) is 0 Å². The fourth-order valence-corrected chi connectivity index (χ4v) is 7.64. The minimum Gasteiger partial charge on any atom is -0.242 e. The van der Waals surface area contributed by atoms with E-state index in [2.05, 4.69) is 4.94 Å². The third kappa shape index (κ3) is 4.88. The molecular formula is C22H26F3IO2+. The van der Waals surface area contributed by atoms with Crippen molar-refractivity contribution in [3.05, 3.63) is 66.8 Å². The molecule has 0 bridgehead atoms. The lowest BCUT2D eigenvalue weighted by Crippen LogP contribution is -3.90. The molecule has 0 unspecified atom stereocenters. The second-order valence-corrected chi connectivity index (χ2v) is 14.1. The lowest BCUT2D eigenvalue weighted by atomic mass is 9.87. The van der Waals surface area contributed by atoms with E-state index in [0.29, 0.717) is 7.14 Å². The number of carbonyl (C=O) groups is 1. The molecule has 2 rings (SSSR count). The Balaban J connectivity index is 2.56. The summed E-state index contributed by atoms with van der Waals surface area (Å²) in [4.78, 5) is 14.5. The molecule has 0 aromatic heterocycles. The highest BCUT2D eigenvalue weighted by Crippen LogP contribution is 2.22. The Morgan fingerprint density at radius 1 is 0.750 bits per heavy atom. The molecule has 2 aromatic rings. The van der Waals surface area contributed by atoms with E-state index in [1.807, 2.05) is 41.5 Å². The first-order valence-electron chi connectivity index (χ1n) is 8.90. The number of carbonyl (C=O) groups excluding carboxylic acids is 1. The van der Waals surface area contributed by atoms with Crippen molar-refractivity contribution in [3.8, 4) is 0 Å². The molecule has 2 nitrogen and oxygen atoms in total. The van der Waals surface area contributed by atoms with E-state index in [1.165, 1.54) is 0 Å². The van der Waals surface area contributed by atoms with Crippen LogP contribution in [0.1, 0.15) is 52.7 Å². The van der Waals surface area contributed by atoms with Gasteiger partial charge in [0.25, 0.3) is 0 Å². The van der Waals surface area contributed by atoms with Crippen molar-refractivity contribution in [1.29, 1.82) is 0 Å². The van der Waals surface area contributed by atoms with Gasteiger partial charge >= 0.3 is 9.90 Å². The summed E-state index contributed by atoms with van der Waals surface area (Å²) in [6.07, 6.45) is 0. The molecule has 0 N–H and O–H groups in total. The van der Waals surface area contributed by atoms with Crippen LogP contribution in [0, 0.1) is 7.14 Å². The SMILES string of the molecule is CC(C)(C)c1ccc([I+](c2ccc(C(C)(C)C)cc2)C(F)(F)C(=O)OF)cc1. The van der Waals surface area contributed by atoms with Crippen molar-refractivity contribution in [2.45, 2.75) is 56.3 Å². The summed E-state index contributed by atoms with van der Waals surface area (Å²) < 4.78 is 39.0. The van der Waals surface area contributed by atoms with Crippen LogP contribution >= 0.6 is 0 Å². The summed E-state index contributed by atoms with van der Waals surface area (Å²) in [7, 11) is 0. The van der Waals surface area contributed by atoms with Crippen LogP contribution in [0.15, 0.2) is 48.5 Å². The van der Waals surface area contributed by atoms with Gasteiger partial charge in [-0.1, -0.05) is 65.8 Å². The molecule has 6 heteroatoms. The first-order chi connectivity index (χ1) is 12.8. The fourth-order valence-electron chi connectivity index (χ4n) is 2.67. The summed E-state index contributed by atoms with van der Waals surface area (Å²) in [6, 6.07) is 13.7. The first-order valence-corrected chi connectivity index (χ1v) is 12.1. The Morgan fingerprint density at radius 2 is 1.07 bits per heavy atom. The van der Waals surface area contributed by atoms with Crippen molar-refractivity contribution < 1.29 is 42.9 Å². The van der Waals surface area contributed by atoms with Gasteiger partial charge in [-0.05, 0) is 46.2 Å². The third-order valence-electron chi connectivity index (χ3n) is 4.40. The smallest absolute Gasteiger partial charge is 0.242 e. The minimum absolute atomic E-state index is 0.133. The predicted octanol–water partition coefficient (Wildman–Crippen LogP) is 2.97. The van der Waals surface area contributed by atoms with Gasteiger partial charge in [0.15, 0.2) is 7.14 Å². The standard InChI is InChI=1S/C22H26F3IO2/c1-20(2,3)15-7-11-17(12-8-15)26(22(23,24)19(27)28-25)18-13-9-16(10-14-18)21(4,5)6/h7-14H,1-6H3/q+1. The van der Waals surface area contributed by atoms with Crippen molar-refractivity contribution in [2.75, 3.05) is 0 Å². The average Bonchev–Trinajstić information content (AvgIpc) is 2.60. The summed E-state index contributed by atoms with van der Waals surface area (Å²) >= 11 is -3.66. The average molecular weight is 506 g/mol. The maximum absolute atomic E-state index is 14.9. The Kier molecular flexibility index (Phi) is 6.53. The number of hydrogen-bond donors (Lipinski definition) is 0. The lowest BCUT2D eigenvalue weighted by Gasteiger charge is -2.20. The molecule has 0 saturated heterocycles. The predicted molar refractivity (Wildman–Crippen MR) is 99.8 cm³/mol. The van der Waals surface area contributed by atoms with Crippen LogP contribution in [0.5, 0.6) is 0 Å². The molecule has 0 atom stereocenters. The van der Waals surface area contributed by atoms with Gasteiger partial charge in [-0.3, -0.25) is 0 Å². The third-order valence-corrected chi connectivity index (χ3v) is 10.1. The van der Waals surface area contributed by atoms with Crippen molar-refractivity contribution in [3.63, 3.8) is 0 Å². The highest BCUT2D eigenvalue weighted by molar-refractivity contribution is 5.74. The van der Waals surface area contributed by atoms with Crippen LogP contribution in [0.3, 0.4) is 0 Å². The Morgan fingerprint density at radius 3 is 1.32 bits per heavy atom. The maximum atomic E-state index is 14.9. The van der Waals surface area contributed by atoms with Gasteiger partial charge in [0.2, 0.25) is 19.8 Å². The molecule has 0 aliphatic heterocycles. The first kappa shape index (κ1) is 22.7. The molecule has 0 amide bonds. The summed E-state index contributed by atoms with van der Waals surface area (Å²) in [5, 5.41) is 0. The Labute approximate surface area is 171 Å². The highest BCUT2D eigenvalue weighted by Gasteiger charge is 2.63. The zero-order valence-electron chi connectivity index (χ0n) is 16.9. The molecule has 0 fully saturated rings. The van der Waals surface area contributed by atoms with E-state index in [4.69, 9.17) is 0 Å². The van der Waals surface area contributed by atoms with Gasteiger partial charge in [-0.25, -0.2) is 9.74 Å². The number of hydrogen-bond acceptors (Lipinski definition) is 2. The van der Waals surface area contributed by atoms with Crippen molar-refractivity contribution in [1.82, 2.24) is 0 Å². The molecule has 1 radical (unpaired) electrons. The van der Waals surface area contributed by atoms with Gasteiger partial charge in [0.05, 0.1) is 0 Å². The summed E-state index contributed by atoms with van der Waals surface area (Å²) in [5.74, 6) is -2.13. The minimum atomic E-state index is -3.90. The van der Waals surface area contributed by atoms with Crippen LogP contribution in [0.25, 0.3) is 0 Å². The second-order valence-electron chi connectivity index (χ2n) is 8.66.